The summed E-state index contributed by atoms with van der Waals surface area (Å²) in [5, 5.41) is 8.55. The van der Waals surface area contributed by atoms with Gasteiger partial charge in [-0.2, -0.15) is 30.7 Å². The lowest BCUT2D eigenvalue weighted by Crippen LogP contribution is -2.48. The van der Waals surface area contributed by atoms with E-state index in [2.05, 4.69) is 25.5 Å². The monoisotopic (exact) mass is 592 g/mol. The molecule has 1 saturated carbocycles. The second kappa shape index (κ2) is 9.94. The second-order valence-corrected chi connectivity index (χ2v) is 11.2. The predicted molar refractivity (Wildman–Crippen MR) is 125 cm³/mol. The maximum Gasteiger partial charge on any atom is 0.435 e. The molecule has 40 heavy (non-hydrogen) atoms. The van der Waals surface area contributed by atoms with Crippen LogP contribution in [0, 0.1) is 17.7 Å². The number of ether oxygens (including phenoxy) is 1. The van der Waals surface area contributed by atoms with Gasteiger partial charge in [0.15, 0.2) is 5.69 Å². The lowest BCUT2D eigenvalue weighted by atomic mass is 9.66. The number of alkyl halides is 6. The quantitative estimate of drug-likeness (QED) is 0.346. The number of amides is 1. The second-order valence-electron chi connectivity index (χ2n) is 9.06. The number of rotatable bonds is 6. The van der Waals surface area contributed by atoms with Crippen molar-refractivity contribution in [1.29, 1.82) is 4.78 Å². The Hall–Kier alpha value is -3.89. The summed E-state index contributed by atoms with van der Waals surface area (Å²) in [6.45, 7) is 0.882. The van der Waals surface area contributed by atoms with Crippen molar-refractivity contribution in [3.63, 3.8) is 0 Å². The number of anilines is 1. The lowest BCUT2D eigenvalue weighted by Gasteiger charge is -2.42. The zero-order valence-corrected chi connectivity index (χ0v) is 21.4. The van der Waals surface area contributed by atoms with E-state index in [4.69, 9.17) is 9.52 Å². The Bertz CT molecular complexity index is 1590. The van der Waals surface area contributed by atoms with E-state index in [0.717, 1.165) is 13.2 Å². The molecule has 3 aromatic rings. The minimum absolute atomic E-state index is 0.0165. The minimum Gasteiger partial charge on any atom is -0.414 e. The van der Waals surface area contributed by atoms with E-state index >= 15 is 0 Å². The molecule has 1 aliphatic rings. The molecule has 9 nitrogen and oxygen atoms in total. The van der Waals surface area contributed by atoms with Crippen LogP contribution in [0.2, 0.25) is 0 Å². The van der Waals surface area contributed by atoms with Crippen LogP contribution in [0.15, 0.2) is 35.4 Å². The fourth-order valence-corrected chi connectivity index (χ4v) is 4.77. The van der Waals surface area contributed by atoms with E-state index in [0.29, 0.717) is 6.20 Å². The van der Waals surface area contributed by atoms with Gasteiger partial charge < -0.3 is 10.1 Å². The first-order chi connectivity index (χ1) is 18.4. The topological polar surface area (TPSA) is 131 Å². The van der Waals surface area contributed by atoms with Gasteiger partial charge in [-0.05, 0) is 43.5 Å². The number of hydrogen-bond donors (Lipinski definition) is 2. The van der Waals surface area contributed by atoms with Crippen LogP contribution >= 0.6 is 0 Å². The highest BCUT2D eigenvalue weighted by atomic mass is 32.2. The Morgan fingerprint density at radius 2 is 1.80 bits per heavy atom. The Balaban J connectivity index is 1.73. The molecule has 0 bridgehead atoms. The highest BCUT2D eigenvalue weighted by molar-refractivity contribution is 7.91. The van der Waals surface area contributed by atoms with Gasteiger partial charge in [-0.15, -0.1) is 10.2 Å². The summed E-state index contributed by atoms with van der Waals surface area (Å²) < 4.78 is 121. The molecule has 1 atom stereocenters. The fraction of sp³-hybridized carbons (Fsp3) is 0.348. The summed E-state index contributed by atoms with van der Waals surface area (Å²) in [5.41, 5.74) is -6.28. The Morgan fingerprint density at radius 1 is 1.12 bits per heavy atom. The van der Waals surface area contributed by atoms with Crippen molar-refractivity contribution in [3.8, 4) is 11.8 Å². The van der Waals surface area contributed by atoms with Gasteiger partial charge in [0.1, 0.15) is 11.0 Å². The molecular weight excluding hydrogens is 573 g/mol. The normalized spacial score (nSPS) is 16.5. The van der Waals surface area contributed by atoms with Gasteiger partial charge in [0, 0.05) is 16.8 Å². The van der Waals surface area contributed by atoms with Crippen LogP contribution in [-0.2, 0) is 21.3 Å². The first-order valence-corrected chi connectivity index (χ1v) is 13.3. The van der Waals surface area contributed by atoms with E-state index in [-0.39, 0.29) is 29.8 Å². The third kappa shape index (κ3) is 5.41. The van der Waals surface area contributed by atoms with Gasteiger partial charge >= 0.3 is 12.4 Å². The molecule has 4 rings (SSSR count). The van der Waals surface area contributed by atoms with Crippen LogP contribution in [0.25, 0.3) is 0 Å². The van der Waals surface area contributed by atoms with Crippen LogP contribution in [0.5, 0.6) is 11.8 Å². The molecule has 2 aromatic heterocycles. The van der Waals surface area contributed by atoms with Crippen LogP contribution in [0.3, 0.4) is 0 Å². The highest BCUT2D eigenvalue weighted by Gasteiger charge is 2.60. The molecule has 214 valence electrons. The number of carbonyl (C=O) groups is 1. The van der Waals surface area contributed by atoms with Crippen LogP contribution in [0.4, 0.5) is 36.4 Å². The first kappa shape index (κ1) is 29.1. The van der Waals surface area contributed by atoms with E-state index < -0.39 is 73.6 Å². The number of nitrogens with one attached hydrogen (secondary N) is 2. The summed E-state index contributed by atoms with van der Waals surface area (Å²) in [6, 6.07) is 5.17. The largest absolute Gasteiger partial charge is 0.435 e. The van der Waals surface area contributed by atoms with Gasteiger partial charge in [-0.3, -0.25) is 4.79 Å². The number of benzene rings is 1. The molecule has 1 fully saturated rings. The summed E-state index contributed by atoms with van der Waals surface area (Å²) in [6.07, 6.45) is -8.43. The van der Waals surface area contributed by atoms with Gasteiger partial charge in [0.05, 0.1) is 21.6 Å². The maximum atomic E-state index is 14.8. The first-order valence-electron chi connectivity index (χ1n) is 11.3. The molecule has 2 heterocycles. The van der Waals surface area contributed by atoms with Crippen molar-refractivity contribution >= 4 is 21.3 Å². The molecular formula is C23H19F7N6O3S. The fourth-order valence-electron chi connectivity index (χ4n) is 4.08. The summed E-state index contributed by atoms with van der Waals surface area (Å²) >= 11 is 0. The van der Waals surface area contributed by atoms with E-state index in [9.17, 15) is 39.7 Å². The number of halogens is 7. The lowest BCUT2D eigenvalue weighted by molar-refractivity contribution is -0.214. The molecule has 1 amide bonds. The predicted octanol–water partition coefficient (Wildman–Crippen LogP) is 5.80. The van der Waals surface area contributed by atoms with Crippen molar-refractivity contribution in [2.45, 2.75) is 48.8 Å². The van der Waals surface area contributed by atoms with Crippen LogP contribution in [0.1, 0.15) is 46.6 Å². The Kier molecular flexibility index (Phi) is 7.23. The van der Waals surface area contributed by atoms with E-state index in [1.54, 1.807) is 0 Å². The van der Waals surface area contributed by atoms with Crippen LogP contribution < -0.4 is 10.1 Å². The highest BCUT2D eigenvalue weighted by Crippen LogP contribution is 2.54. The molecule has 1 unspecified atom stereocenters. The number of hydrogen-bond acceptors (Lipinski definition) is 8. The molecule has 0 spiro atoms. The minimum atomic E-state index is -5.05. The standard InChI is InChI=1S/C23H19F7N6O3S/c1-11-15(18(37)33-12-5-3-6-13(9-12)40(2,31)38)19(36-35-16(11)22(25,26)27)39-20-17(24)34-14(10-32-20)21(7-4-8-21)23(28,29)30/h3,5-6,9-10,31H,4,7-8H2,1-2H3,(H,33,37). The Morgan fingerprint density at radius 3 is 2.33 bits per heavy atom. The molecule has 0 saturated heterocycles. The van der Waals surface area contributed by atoms with E-state index in [1.165, 1.54) is 24.3 Å². The summed E-state index contributed by atoms with van der Waals surface area (Å²) in [4.78, 5) is 20.0. The van der Waals surface area contributed by atoms with Crippen molar-refractivity contribution in [2.24, 2.45) is 0 Å². The van der Waals surface area contributed by atoms with Crippen molar-refractivity contribution < 1.29 is 44.5 Å². The third-order valence-electron chi connectivity index (χ3n) is 6.35. The SMILES string of the molecule is Cc1c(C(F)(F)F)nnc(Oc2ncc(C3(C(F)(F)F)CCC3)nc2F)c1C(=O)Nc1cccc(S(C)(=N)=O)c1. The summed E-state index contributed by atoms with van der Waals surface area (Å²) in [7, 11) is -3.21. The zero-order valence-electron chi connectivity index (χ0n) is 20.6. The van der Waals surface area contributed by atoms with Gasteiger partial charge in [0.2, 0.25) is 0 Å². The smallest absolute Gasteiger partial charge is 0.414 e. The van der Waals surface area contributed by atoms with Crippen molar-refractivity contribution in [2.75, 3.05) is 11.6 Å². The number of nitrogens with zero attached hydrogens (tertiary/aromatic N) is 4. The van der Waals surface area contributed by atoms with E-state index in [1.807, 2.05) is 0 Å². The molecule has 0 aliphatic heterocycles. The molecule has 0 radical (unpaired) electrons. The van der Waals surface area contributed by atoms with Gasteiger partial charge in [-0.25, -0.2) is 19.0 Å². The Labute approximate surface area is 222 Å². The van der Waals surface area contributed by atoms with Crippen molar-refractivity contribution in [3.05, 3.63) is 58.9 Å². The summed E-state index contributed by atoms with van der Waals surface area (Å²) in [5.74, 6) is -4.83. The van der Waals surface area contributed by atoms with Crippen molar-refractivity contribution in [1.82, 2.24) is 20.2 Å². The number of aromatic nitrogens is 4. The average molecular weight is 592 g/mol. The number of carbonyl (C=O) groups excluding carboxylic acids is 1. The third-order valence-corrected chi connectivity index (χ3v) is 7.51. The molecule has 17 heteroatoms. The van der Waals surface area contributed by atoms with Gasteiger partial charge in [0.25, 0.3) is 23.6 Å². The average Bonchev–Trinajstić information content (AvgIpc) is 2.78. The molecule has 2 N–H and O–H groups in total. The van der Waals surface area contributed by atoms with Gasteiger partial charge in [-0.1, -0.05) is 12.5 Å². The maximum absolute atomic E-state index is 14.8. The molecule has 1 aromatic carbocycles. The zero-order chi connectivity index (χ0) is 29.7. The van der Waals surface area contributed by atoms with Crippen LogP contribution in [-0.4, -0.2) is 42.7 Å². The molecule has 1 aliphatic carbocycles.